The Kier molecular flexibility index (Phi) is 2.56. The number of carbonyl (C=O) groups is 1. The molecule has 0 fully saturated rings. The number of para-hydroxylation sites is 1. The number of carboxylic acid groups (broad SMARTS) is 1. The monoisotopic (exact) mass is 254 g/mol. The van der Waals surface area contributed by atoms with Crippen molar-refractivity contribution in [3.05, 3.63) is 58.3 Å². The van der Waals surface area contributed by atoms with E-state index >= 15 is 0 Å². The standard InChI is InChI=1S/C15H10O4/c16-11-5-10(7-15(17)18)12-6-9-3-1-2-4-13(9)19-14(12)8-11/h1-6,8H,7H2,(H,17,18). The number of carboxylic acids is 1. The molecule has 1 heterocycles. The van der Waals surface area contributed by atoms with Crippen LogP contribution < -0.4 is 5.43 Å². The highest BCUT2D eigenvalue weighted by molar-refractivity contribution is 5.85. The van der Waals surface area contributed by atoms with Gasteiger partial charge < -0.3 is 9.52 Å². The quantitative estimate of drug-likeness (QED) is 0.713. The van der Waals surface area contributed by atoms with Gasteiger partial charge in [-0.25, -0.2) is 0 Å². The third-order valence-corrected chi connectivity index (χ3v) is 2.98. The molecule has 1 aromatic rings. The van der Waals surface area contributed by atoms with Crippen molar-refractivity contribution >= 4 is 16.9 Å². The van der Waals surface area contributed by atoms with Crippen molar-refractivity contribution in [1.29, 1.82) is 0 Å². The van der Waals surface area contributed by atoms with E-state index in [2.05, 4.69) is 0 Å². The van der Waals surface area contributed by atoms with Crippen LogP contribution >= 0.6 is 0 Å². The van der Waals surface area contributed by atoms with Crippen molar-refractivity contribution in [3.63, 3.8) is 0 Å². The Hall–Kier alpha value is -2.62. The molecule has 0 aromatic heterocycles. The SMILES string of the molecule is O=C(O)Cc1cc(=O)cc2oc3ccccc3cc1-2. The molecule has 1 aliphatic heterocycles. The number of aliphatic carboxylic acids is 1. The largest absolute Gasteiger partial charge is 0.481 e. The molecule has 1 aromatic carbocycles. The zero-order valence-corrected chi connectivity index (χ0v) is 9.92. The molecule has 4 heteroatoms. The molecule has 3 rings (SSSR count). The Morgan fingerprint density at radius 3 is 2.74 bits per heavy atom. The maximum absolute atomic E-state index is 11.6. The van der Waals surface area contributed by atoms with Crippen LogP contribution in [0, 0.1) is 0 Å². The fourth-order valence-electron chi connectivity index (χ4n) is 2.18. The molecule has 1 aliphatic carbocycles. The molecule has 0 spiro atoms. The maximum atomic E-state index is 11.6. The summed E-state index contributed by atoms with van der Waals surface area (Å²) in [7, 11) is 0. The number of hydrogen-bond acceptors (Lipinski definition) is 3. The van der Waals surface area contributed by atoms with Crippen LogP contribution in [0.5, 0.6) is 0 Å². The number of fused-ring (bicyclic) bond motifs is 2. The van der Waals surface area contributed by atoms with Crippen LogP contribution in [0.15, 0.2) is 51.7 Å². The summed E-state index contributed by atoms with van der Waals surface area (Å²) in [6, 6.07) is 12.0. The molecule has 19 heavy (non-hydrogen) atoms. The summed E-state index contributed by atoms with van der Waals surface area (Å²) in [4.78, 5) is 22.4. The van der Waals surface area contributed by atoms with Gasteiger partial charge in [0.2, 0.25) is 0 Å². The summed E-state index contributed by atoms with van der Waals surface area (Å²) in [5, 5.41) is 9.77. The molecule has 0 radical (unpaired) electrons. The van der Waals surface area contributed by atoms with Crippen LogP contribution in [0.2, 0.25) is 0 Å². The Morgan fingerprint density at radius 1 is 1.16 bits per heavy atom. The van der Waals surface area contributed by atoms with Crippen LogP contribution in [-0.4, -0.2) is 11.1 Å². The minimum atomic E-state index is -0.972. The second-order valence-electron chi connectivity index (χ2n) is 4.35. The summed E-state index contributed by atoms with van der Waals surface area (Å²) >= 11 is 0. The van der Waals surface area contributed by atoms with Gasteiger partial charge in [-0.1, -0.05) is 18.2 Å². The fraction of sp³-hybridized carbons (Fsp3) is 0.0667. The number of hydrogen-bond donors (Lipinski definition) is 1. The van der Waals surface area contributed by atoms with Crippen LogP contribution in [0.1, 0.15) is 5.56 Å². The lowest BCUT2D eigenvalue weighted by molar-refractivity contribution is -0.136. The van der Waals surface area contributed by atoms with Crippen LogP contribution in [0.4, 0.5) is 0 Å². The van der Waals surface area contributed by atoms with Gasteiger partial charge in [-0.15, -0.1) is 0 Å². The van der Waals surface area contributed by atoms with Crippen molar-refractivity contribution in [3.8, 4) is 11.3 Å². The van der Waals surface area contributed by atoms with Crippen LogP contribution in [-0.2, 0) is 11.2 Å². The van der Waals surface area contributed by atoms with Gasteiger partial charge in [0.15, 0.2) is 5.43 Å². The Morgan fingerprint density at radius 2 is 1.95 bits per heavy atom. The lowest BCUT2D eigenvalue weighted by Crippen LogP contribution is -2.08. The first-order valence-electron chi connectivity index (χ1n) is 5.81. The van der Waals surface area contributed by atoms with Gasteiger partial charge in [0.1, 0.15) is 11.3 Å². The second kappa shape index (κ2) is 4.24. The highest BCUT2D eigenvalue weighted by Gasteiger charge is 2.15. The van der Waals surface area contributed by atoms with Crippen molar-refractivity contribution in [1.82, 2.24) is 0 Å². The summed E-state index contributed by atoms with van der Waals surface area (Å²) in [6.45, 7) is 0. The summed E-state index contributed by atoms with van der Waals surface area (Å²) < 4.78 is 5.66. The Balaban J connectivity index is 2.35. The van der Waals surface area contributed by atoms with E-state index in [0.717, 1.165) is 5.39 Å². The predicted octanol–water partition coefficient (Wildman–Crippen LogP) is 2.52. The molecule has 0 bridgehead atoms. The van der Waals surface area contributed by atoms with Crippen LogP contribution in [0.25, 0.3) is 22.3 Å². The lowest BCUT2D eigenvalue weighted by atomic mass is 9.99. The highest BCUT2D eigenvalue weighted by Crippen LogP contribution is 2.29. The van der Waals surface area contributed by atoms with Gasteiger partial charge in [-0.2, -0.15) is 0 Å². The van der Waals surface area contributed by atoms with E-state index in [4.69, 9.17) is 9.52 Å². The average Bonchev–Trinajstić information content (AvgIpc) is 2.36. The van der Waals surface area contributed by atoms with Gasteiger partial charge in [-0.3, -0.25) is 9.59 Å². The summed E-state index contributed by atoms with van der Waals surface area (Å²) in [5.41, 5.74) is 1.56. The van der Waals surface area contributed by atoms with Gasteiger partial charge in [0.25, 0.3) is 0 Å². The minimum absolute atomic E-state index is 0.194. The third kappa shape index (κ3) is 2.08. The normalized spacial score (nSPS) is 10.9. The third-order valence-electron chi connectivity index (χ3n) is 2.98. The van der Waals surface area contributed by atoms with Gasteiger partial charge >= 0.3 is 5.97 Å². The second-order valence-corrected chi connectivity index (χ2v) is 4.35. The molecular weight excluding hydrogens is 244 g/mol. The number of benzene rings is 2. The van der Waals surface area contributed by atoms with E-state index in [-0.39, 0.29) is 11.8 Å². The average molecular weight is 254 g/mol. The van der Waals surface area contributed by atoms with Gasteiger partial charge in [0, 0.05) is 17.0 Å². The van der Waals surface area contributed by atoms with Crippen molar-refractivity contribution in [2.75, 3.05) is 0 Å². The molecular formula is C15H10O4. The van der Waals surface area contributed by atoms with Crippen molar-refractivity contribution in [2.24, 2.45) is 0 Å². The molecule has 0 amide bonds. The Labute approximate surface area is 108 Å². The molecule has 4 nitrogen and oxygen atoms in total. The maximum Gasteiger partial charge on any atom is 0.307 e. The van der Waals surface area contributed by atoms with E-state index in [0.29, 0.717) is 22.5 Å². The number of rotatable bonds is 2. The molecule has 0 unspecified atom stereocenters. The van der Waals surface area contributed by atoms with E-state index in [9.17, 15) is 9.59 Å². The smallest absolute Gasteiger partial charge is 0.307 e. The molecule has 1 N–H and O–H groups in total. The van der Waals surface area contributed by atoms with Crippen molar-refractivity contribution < 1.29 is 14.3 Å². The molecule has 0 atom stereocenters. The minimum Gasteiger partial charge on any atom is -0.481 e. The zero-order valence-electron chi connectivity index (χ0n) is 9.92. The van der Waals surface area contributed by atoms with Crippen LogP contribution in [0.3, 0.4) is 0 Å². The van der Waals surface area contributed by atoms with E-state index in [1.165, 1.54) is 12.1 Å². The van der Waals surface area contributed by atoms with E-state index in [1.54, 1.807) is 0 Å². The van der Waals surface area contributed by atoms with E-state index < -0.39 is 5.97 Å². The highest BCUT2D eigenvalue weighted by atomic mass is 16.4. The first-order valence-corrected chi connectivity index (χ1v) is 5.81. The molecule has 0 saturated heterocycles. The summed E-state index contributed by atoms with van der Waals surface area (Å²) in [5.74, 6) is -0.553. The van der Waals surface area contributed by atoms with E-state index in [1.807, 2.05) is 30.3 Å². The first-order chi connectivity index (χ1) is 9.13. The first kappa shape index (κ1) is 11.5. The van der Waals surface area contributed by atoms with Gasteiger partial charge in [-0.05, 0) is 23.8 Å². The zero-order chi connectivity index (χ0) is 13.4. The molecule has 2 aliphatic rings. The lowest BCUT2D eigenvalue weighted by Gasteiger charge is -2.10. The Bertz CT molecular complexity index is 801. The summed E-state index contributed by atoms with van der Waals surface area (Å²) in [6.07, 6.45) is -0.194. The fourth-order valence-corrected chi connectivity index (χ4v) is 2.18. The predicted molar refractivity (Wildman–Crippen MR) is 70.4 cm³/mol. The van der Waals surface area contributed by atoms with Gasteiger partial charge in [0.05, 0.1) is 6.42 Å². The topological polar surface area (TPSA) is 67.5 Å². The molecule has 94 valence electrons. The van der Waals surface area contributed by atoms with Crippen molar-refractivity contribution in [2.45, 2.75) is 6.42 Å². The molecule has 0 saturated carbocycles.